The van der Waals surface area contributed by atoms with Crippen molar-refractivity contribution >= 4 is 28.5 Å². The van der Waals surface area contributed by atoms with Gasteiger partial charge in [0.2, 0.25) is 0 Å². The van der Waals surface area contributed by atoms with Gasteiger partial charge >= 0.3 is 5.97 Å². The fraction of sp³-hybridized carbons (Fsp3) is 0.0625. The molecule has 3 nitrogen and oxygen atoms in total. The molecule has 0 aliphatic heterocycles. The van der Waals surface area contributed by atoms with Crippen LogP contribution in [0.15, 0.2) is 42.5 Å². The molecule has 0 fully saturated rings. The summed E-state index contributed by atoms with van der Waals surface area (Å²) in [7, 11) is 0. The van der Waals surface area contributed by atoms with Gasteiger partial charge in [-0.25, -0.2) is 4.39 Å². The first kappa shape index (κ1) is 13.6. The molecule has 2 N–H and O–H groups in total. The summed E-state index contributed by atoms with van der Waals surface area (Å²) in [5.41, 5.74) is 2.44. The topological polar surface area (TPSA) is 53.1 Å². The van der Waals surface area contributed by atoms with Gasteiger partial charge in [0.05, 0.1) is 22.7 Å². The number of carboxylic acid groups (broad SMARTS) is 1. The van der Waals surface area contributed by atoms with Gasteiger partial charge in [-0.05, 0) is 23.8 Å². The van der Waals surface area contributed by atoms with Crippen LogP contribution in [-0.2, 0) is 11.2 Å². The molecule has 5 heteroatoms. The molecule has 3 aromatic rings. The van der Waals surface area contributed by atoms with E-state index >= 15 is 0 Å². The van der Waals surface area contributed by atoms with Crippen molar-refractivity contribution in [3.63, 3.8) is 0 Å². The zero-order chi connectivity index (χ0) is 15.0. The van der Waals surface area contributed by atoms with Crippen molar-refractivity contribution in [3.8, 4) is 11.3 Å². The van der Waals surface area contributed by atoms with Crippen molar-refractivity contribution in [1.29, 1.82) is 0 Å². The van der Waals surface area contributed by atoms with Crippen molar-refractivity contribution in [3.05, 3.63) is 58.9 Å². The van der Waals surface area contributed by atoms with Crippen LogP contribution in [0.1, 0.15) is 5.56 Å². The molecule has 0 aliphatic rings. The van der Waals surface area contributed by atoms with Gasteiger partial charge in [0.25, 0.3) is 0 Å². The number of benzene rings is 2. The standard InChI is InChI=1S/C16H11ClFNO2/c17-13-6-2-5-11-12(8-14(20)21)15(19-16(11)13)9-3-1-4-10(18)7-9/h1-7,19H,8H2,(H,20,21). The van der Waals surface area contributed by atoms with Crippen molar-refractivity contribution < 1.29 is 14.3 Å². The quantitative estimate of drug-likeness (QED) is 0.760. The molecular formula is C16H11ClFNO2. The van der Waals surface area contributed by atoms with Gasteiger partial charge in [-0.2, -0.15) is 0 Å². The Morgan fingerprint density at radius 1 is 1.24 bits per heavy atom. The van der Waals surface area contributed by atoms with Crippen molar-refractivity contribution in [2.45, 2.75) is 6.42 Å². The highest BCUT2D eigenvalue weighted by atomic mass is 35.5. The molecular weight excluding hydrogens is 293 g/mol. The molecule has 0 amide bonds. The second kappa shape index (κ2) is 5.22. The smallest absolute Gasteiger partial charge is 0.307 e. The molecule has 21 heavy (non-hydrogen) atoms. The first-order valence-corrected chi connectivity index (χ1v) is 6.71. The number of carboxylic acids is 1. The molecule has 0 spiro atoms. The van der Waals surface area contributed by atoms with E-state index in [1.165, 1.54) is 12.1 Å². The van der Waals surface area contributed by atoms with Gasteiger partial charge in [0.1, 0.15) is 5.82 Å². The van der Waals surface area contributed by atoms with E-state index < -0.39 is 5.97 Å². The lowest BCUT2D eigenvalue weighted by Gasteiger charge is -2.03. The third-order valence-corrected chi connectivity index (χ3v) is 3.65. The minimum Gasteiger partial charge on any atom is -0.481 e. The van der Waals surface area contributed by atoms with Crippen molar-refractivity contribution in [2.75, 3.05) is 0 Å². The number of H-pyrrole nitrogens is 1. The number of fused-ring (bicyclic) bond motifs is 1. The molecule has 0 atom stereocenters. The van der Waals surface area contributed by atoms with Crippen LogP contribution in [0.5, 0.6) is 0 Å². The van der Waals surface area contributed by atoms with Gasteiger partial charge in [-0.15, -0.1) is 0 Å². The highest BCUT2D eigenvalue weighted by molar-refractivity contribution is 6.35. The highest BCUT2D eigenvalue weighted by Gasteiger charge is 2.17. The molecule has 106 valence electrons. The molecule has 1 heterocycles. The number of carbonyl (C=O) groups is 1. The van der Waals surface area contributed by atoms with Gasteiger partial charge in [0, 0.05) is 10.9 Å². The number of halogens is 2. The fourth-order valence-electron chi connectivity index (χ4n) is 2.46. The number of hydrogen-bond acceptors (Lipinski definition) is 1. The average Bonchev–Trinajstić information content (AvgIpc) is 2.79. The molecule has 0 radical (unpaired) electrons. The summed E-state index contributed by atoms with van der Waals surface area (Å²) in [6.07, 6.45) is -0.161. The second-order valence-electron chi connectivity index (χ2n) is 4.72. The Hall–Kier alpha value is -2.33. The maximum Gasteiger partial charge on any atom is 0.307 e. The summed E-state index contributed by atoms with van der Waals surface area (Å²) in [6.45, 7) is 0. The summed E-state index contributed by atoms with van der Waals surface area (Å²) in [4.78, 5) is 14.2. The largest absolute Gasteiger partial charge is 0.481 e. The lowest BCUT2D eigenvalue weighted by molar-refractivity contribution is -0.136. The van der Waals surface area contributed by atoms with Crippen molar-refractivity contribution in [1.82, 2.24) is 4.98 Å². The SMILES string of the molecule is O=C(O)Cc1c(-c2cccc(F)c2)[nH]c2c(Cl)cccc12. The number of aromatic nitrogens is 1. The molecule has 3 rings (SSSR count). The summed E-state index contributed by atoms with van der Waals surface area (Å²) < 4.78 is 13.4. The van der Waals surface area contributed by atoms with Crippen LogP contribution in [0.25, 0.3) is 22.2 Å². The molecule has 0 bridgehead atoms. The molecule has 0 saturated heterocycles. The number of nitrogens with one attached hydrogen (secondary N) is 1. The van der Waals surface area contributed by atoms with Gasteiger partial charge < -0.3 is 10.1 Å². The molecule has 0 aliphatic carbocycles. The normalized spacial score (nSPS) is 11.0. The van der Waals surface area contributed by atoms with Gasteiger partial charge in [-0.3, -0.25) is 4.79 Å². The van der Waals surface area contributed by atoms with E-state index in [1.807, 2.05) is 0 Å². The molecule has 2 aromatic carbocycles. The van der Waals surface area contributed by atoms with Crippen LogP contribution in [-0.4, -0.2) is 16.1 Å². The lowest BCUT2D eigenvalue weighted by atomic mass is 10.0. The summed E-state index contributed by atoms with van der Waals surface area (Å²) in [5, 5.41) is 10.4. The number of para-hydroxylation sites is 1. The Morgan fingerprint density at radius 3 is 2.71 bits per heavy atom. The third-order valence-electron chi connectivity index (χ3n) is 3.33. The predicted molar refractivity (Wildman–Crippen MR) is 80.0 cm³/mol. The number of hydrogen-bond donors (Lipinski definition) is 2. The summed E-state index contributed by atoms with van der Waals surface area (Å²) in [6, 6.07) is 11.3. The first-order chi connectivity index (χ1) is 10.1. The average molecular weight is 304 g/mol. The third kappa shape index (κ3) is 2.50. The van der Waals surface area contributed by atoms with Crippen LogP contribution in [0.4, 0.5) is 4.39 Å². The van der Waals surface area contributed by atoms with E-state index in [9.17, 15) is 9.18 Å². The van der Waals surface area contributed by atoms with E-state index in [0.29, 0.717) is 27.4 Å². The van der Waals surface area contributed by atoms with Crippen LogP contribution < -0.4 is 0 Å². The minimum absolute atomic E-state index is 0.161. The molecule has 0 unspecified atom stereocenters. The Balaban J connectivity index is 2.30. The van der Waals surface area contributed by atoms with Gasteiger partial charge in [0.15, 0.2) is 0 Å². The monoisotopic (exact) mass is 303 g/mol. The Labute approximate surface area is 125 Å². The minimum atomic E-state index is -0.950. The Bertz CT molecular complexity index is 841. The second-order valence-corrected chi connectivity index (χ2v) is 5.13. The van der Waals surface area contributed by atoms with E-state index in [-0.39, 0.29) is 12.2 Å². The summed E-state index contributed by atoms with van der Waals surface area (Å²) in [5.74, 6) is -1.33. The highest BCUT2D eigenvalue weighted by Crippen LogP contribution is 2.34. The van der Waals surface area contributed by atoms with E-state index in [2.05, 4.69) is 4.98 Å². The Morgan fingerprint density at radius 2 is 2.00 bits per heavy atom. The lowest BCUT2D eigenvalue weighted by Crippen LogP contribution is -2.01. The zero-order valence-corrected chi connectivity index (χ0v) is 11.6. The zero-order valence-electron chi connectivity index (χ0n) is 10.9. The Kier molecular flexibility index (Phi) is 3.39. The first-order valence-electron chi connectivity index (χ1n) is 6.33. The predicted octanol–water partition coefficient (Wildman–Crippen LogP) is 4.25. The number of rotatable bonds is 3. The van der Waals surface area contributed by atoms with E-state index in [0.717, 1.165) is 5.39 Å². The maximum atomic E-state index is 13.4. The van der Waals surface area contributed by atoms with Crippen LogP contribution in [0.3, 0.4) is 0 Å². The van der Waals surface area contributed by atoms with Crippen LogP contribution >= 0.6 is 11.6 Å². The number of aromatic amines is 1. The van der Waals surface area contributed by atoms with Crippen LogP contribution in [0.2, 0.25) is 5.02 Å². The van der Waals surface area contributed by atoms with E-state index in [1.54, 1.807) is 30.3 Å². The van der Waals surface area contributed by atoms with Crippen LogP contribution in [0, 0.1) is 5.82 Å². The maximum absolute atomic E-state index is 13.4. The van der Waals surface area contributed by atoms with Gasteiger partial charge in [-0.1, -0.05) is 35.9 Å². The molecule has 0 saturated carbocycles. The van der Waals surface area contributed by atoms with Crippen molar-refractivity contribution in [2.24, 2.45) is 0 Å². The molecule has 1 aromatic heterocycles. The summed E-state index contributed by atoms with van der Waals surface area (Å²) >= 11 is 6.14. The van der Waals surface area contributed by atoms with E-state index in [4.69, 9.17) is 16.7 Å². The fourth-order valence-corrected chi connectivity index (χ4v) is 2.68. The number of aliphatic carboxylic acids is 1.